The van der Waals surface area contributed by atoms with Crippen molar-refractivity contribution in [2.45, 2.75) is 70.2 Å². The van der Waals surface area contributed by atoms with E-state index in [-0.39, 0.29) is 17.6 Å². The molecule has 0 aliphatic rings. The first-order valence-electron chi connectivity index (χ1n) is 7.25. The number of ether oxygens (including phenoxy) is 1. The van der Waals surface area contributed by atoms with E-state index in [2.05, 4.69) is 0 Å². The van der Waals surface area contributed by atoms with Gasteiger partial charge in [-0.25, -0.2) is 0 Å². The summed E-state index contributed by atoms with van der Waals surface area (Å²) in [5.41, 5.74) is 0. The third-order valence-electron chi connectivity index (χ3n) is 2.69. The first-order valence-corrected chi connectivity index (χ1v) is 8.30. The number of esters is 1. The molecule has 0 bridgehead atoms. The fourth-order valence-electron chi connectivity index (χ4n) is 1.66. The van der Waals surface area contributed by atoms with Crippen LogP contribution in [0.2, 0.25) is 0 Å². The molecular weight excluding hydrogens is 289 g/mol. The molecule has 0 aliphatic heterocycles. The van der Waals surface area contributed by atoms with E-state index in [9.17, 15) is 18.0 Å². The first-order chi connectivity index (χ1) is 9.40. The van der Waals surface area contributed by atoms with E-state index in [0.29, 0.717) is 25.2 Å². The number of rotatable bonds is 11. The average Bonchev–Trinajstić information content (AvgIpc) is 2.37. The van der Waals surface area contributed by atoms with Crippen LogP contribution in [0.3, 0.4) is 0 Å². The van der Waals surface area contributed by atoms with Gasteiger partial charge in [0.1, 0.15) is 5.25 Å². The van der Waals surface area contributed by atoms with E-state index < -0.39 is 12.6 Å². The Hall–Kier alpha value is -0.390. The van der Waals surface area contributed by atoms with Gasteiger partial charge < -0.3 is 4.74 Å². The van der Waals surface area contributed by atoms with Gasteiger partial charge in [-0.2, -0.15) is 13.2 Å². The standard InChI is InChI=1S/C14H25F3O2S/c1-3-8-12(13(18)19-10-4-2)20-11-7-5-6-9-14(15,16)17/h12H,3-11H2,1-2H3. The third-order valence-corrected chi connectivity index (χ3v) is 4.04. The Morgan fingerprint density at radius 2 is 1.85 bits per heavy atom. The normalized spacial score (nSPS) is 13.2. The summed E-state index contributed by atoms with van der Waals surface area (Å²) in [5.74, 6) is 0.526. The summed E-state index contributed by atoms with van der Waals surface area (Å²) in [4.78, 5) is 11.8. The summed E-state index contributed by atoms with van der Waals surface area (Å²) in [6, 6.07) is 0. The second kappa shape index (κ2) is 11.3. The van der Waals surface area contributed by atoms with Crippen molar-refractivity contribution in [1.82, 2.24) is 0 Å². The van der Waals surface area contributed by atoms with Crippen molar-refractivity contribution < 1.29 is 22.7 Å². The summed E-state index contributed by atoms with van der Waals surface area (Å²) >= 11 is 1.51. The number of halogens is 3. The number of thioether (sulfide) groups is 1. The maximum Gasteiger partial charge on any atom is 0.389 e. The number of carbonyl (C=O) groups excluding carboxylic acids is 1. The highest BCUT2D eigenvalue weighted by Crippen LogP contribution is 2.24. The summed E-state index contributed by atoms with van der Waals surface area (Å²) in [6.45, 7) is 4.38. The molecule has 2 nitrogen and oxygen atoms in total. The highest BCUT2D eigenvalue weighted by Gasteiger charge is 2.25. The van der Waals surface area contributed by atoms with Crippen LogP contribution in [0.1, 0.15) is 58.8 Å². The van der Waals surface area contributed by atoms with E-state index in [1.165, 1.54) is 11.8 Å². The molecule has 1 unspecified atom stereocenters. The zero-order chi connectivity index (χ0) is 15.4. The lowest BCUT2D eigenvalue weighted by Crippen LogP contribution is -2.21. The molecule has 0 N–H and O–H groups in total. The molecule has 0 aromatic carbocycles. The molecule has 0 aliphatic carbocycles. The fourth-order valence-corrected chi connectivity index (χ4v) is 2.92. The molecule has 6 heteroatoms. The zero-order valence-corrected chi connectivity index (χ0v) is 13.1. The summed E-state index contributed by atoms with van der Waals surface area (Å²) < 4.78 is 41.0. The molecule has 120 valence electrons. The number of carbonyl (C=O) groups is 1. The molecular formula is C14H25F3O2S. The molecule has 0 saturated heterocycles. The predicted molar refractivity (Wildman–Crippen MR) is 76.9 cm³/mol. The van der Waals surface area contributed by atoms with E-state index in [0.717, 1.165) is 19.3 Å². The quantitative estimate of drug-likeness (QED) is 0.398. The van der Waals surface area contributed by atoms with Gasteiger partial charge in [-0.05, 0) is 31.4 Å². The molecule has 0 saturated carbocycles. The van der Waals surface area contributed by atoms with Crippen molar-refractivity contribution in [1.29, 1.82) is 0 Å². The van der Waals surface area contributed by atoms with Crippen LogP contribution in [0.15, 0.2) is 0 Å². The highest BCUT2D eigenvalue weighted by molar-refractivity contribution is 8.00. The maximum atomic E-state index is 12.0. The molecule has 0 heterocycles. The number of alkyl halides is 3. The molecule has 0 aromatic heterocycles. The minimum atomic E-state index is -4.05. The zero-order valence-electron chi connectivity index (χ0n) is 12.3. The van der Waals surface area contributed by atoms with Gasteiger partial charge in [0.25, 0.3) is 0 Å². The minimum Gasteiger partial charge on any atom is -0.465 e. The van der Waals surface area contributed by atoms with Crippen molar-refractivity contribution in [3.05, 3.63) is 0 Å². The molecule has 0 fully saturated rings. The second-order valence-electron chi connectivity index (χ2n) is 4.74. The van der Waals surface area contributed by atoms with Crippen molar-refractivity contribution in [2.24, 2.45) is 0 Å². The topological polar surface area (TPSA) is 26.3 Å². The van der Waals surface area contributed by atoms with Crippen LogP contribution in [0.4, 0.5) is 13.2 Å². The van der Waals surface area contributed by atoms with Gasteiger partial charge in [0.05, 0.1) is 6.61 Å². The Balaban J connectivity index is 3.77. The Morgan fingerprint density at radius 1 is 1.15 bits per heavy atom. The average molecular weight is 314 g/mol. The van der Waals surface area contributed by atoms with Crippen molar-refractivity contribution in [2.75, 3.05) is 12.4 Å². The Kier molecular flexibility index (Phi) is 11.1. The van der Waals surface area contributed by atoms with E-state index in [1.54, 1.807) is 0 Å². The second-order valence-corrected chi connectivity index (χ2v) is 6.05. The lowest BCUT2D eigenvalue weighted by Gasteiger charge is -2.14. The summed E-state index contributed by atoms with van der Waals surface area (Å²) in [6.07, 6.45) is -0.883. The number of hydrogen-bond donors (Lipinski definition) is 0. The van der Waals surface area contributed by atoms with Crippen LogP contribution in [0, 0.1) is 0 Å². The lowest BCUT2D eigenvalue weighted by atomic mass is 10.2. The largest absolute Gasteiger partial charge is 0.465 e. The van der Waals surface area contributed by atoms with Crippen molar-refractivity contribution >= 4 is 17.7 Å². The van der Waals surface area contributed by atoms with Crippen LogP contribution < -0.4 is 0 Å². The van der Waals surface area contributed by atoms with Gasteiger partial charge in [-0.15, -0.1) is 11.8 Å². The Labute approximate surface area is 123 Å². The Bertz CT molecular complexity index is 257. The van der Waals surface area contributed by atoms with Crippen LogP contribution in [-0.2, 0) is 9.53 Å². The van der Waals surface area contributed by atoms with Gasteiger partial charge in [0.2, 0.25) is 0 Å². The van der Waals surface area contributed by atoms with Crippen LogP contribution in [0.25, 0.3) is 0 Å². The molecule has 0 radical (unpaired) electrons. The minimum absolute atomic E-state index is 0.169. The molecule has 1 atom stereocenters. The first kappa shape index (κ1) is 19.6. The molecule has 0 amide bonds. The molecule has 20 heavy (non-hydrogen) atoms. The third kappa shape index (κ3) is 11.4. The number of unbranched alkanes of at least 4 members (excludes halogenated alkanes) is 2. The molecule has 0 aromatic rings. The lowest BCUT2D eigenvalue weighted by molar-refractivity contribution is -0.143. The SMILES string of the molecule is CCCOC(=O)C(CCC)SCCCCCC(F)(F)F. The maximum absolute atomic E-state index is 12.0. The predicted octanol–water partition coefficient (Wildman–Crippen LogP) is 4.96. The van der Waals surface area contributed by atoms with Crippen molar-refractivity contribution in [3.63, 3.8) is 0 Å². The van der Waals surface area contributed by atoms with E-state index in [4.69, 9.17) is 4.74 Å². The molecule has 0 rings (SSSR count). The van der Waals surface area contributed by atoms with Gasteiger partial charge >= 0.3 is 12.1 Å². The Morgan fingerprint density at radius 3 is 2.40 bits per heavy atom. The van der Waals surface area contributed by atoms with Crippen LogP contribution in [0.5, 0.6) is 0 Å². The monoisotopic (exact) mass is 314 g/mol. The smallest absolute Gasteiger partial charge is 0.389 e. The summed E-state index contributed by atoms with van der Waals surface area (Å²) in [5, 5.41) is -0.172. The van der Waals surface area contributed by atoms with E-state index in [1.807, 2.05) is 13.8 Å². The highest BCUT2D eigenvalue weighted by atomic mass is 32.2. The van der Waals surface area contributed by atoms with Gasteiger partial charge in [0, 0.05) is 6.42 Å². The van der Waals surface area contributed by atoms with Gasteiger partial charge in [0.15, 0.2) is 0 Å². The number of hydrogen-bond acceptors (Lipinski definition) is 3. The van der Waals surface area contributed by atoms with Gasteiger partial charge in [-0.1, -0.05) is 26.7 Å². The van der Waals surface area contributed by atoms with E-state index >= 15 is 0 Å². The van der Waals surface area contributed by atoms with Crippen LogP contribution in [-0.4, -0.2) is 29.8 Å². The molecule has 0 spiro atoms. The van der Waals surface area contributed by atoms with Gasteiger partial charge in [-0.3, -0.25) is 4.79 Å². The van der Waals surface area contributed by atoms with Crippen molar-refractivity contribution in [3.8, 4) is 0 Å². The fraction of sp³-hybridized carbons (Fsp3) is 0.929. The summed E-state index contributed by atoms with van der Waals surface area (Å²) in [7, 11) is 0. The van der Waals surface area contributed by atoms with Crippen LogP contribution >= 0.6 is 11.8 Å².